The SMILES string of the molecule is CNCCc1ccccc1C(=O)Nc1ccc(C)cc1Cl. The van der Waals surface area contributed by atoms with Gasteiger partial charge in [0.05, 0.1) is 10.7 Å². The lowest BCUT2D eigenvalue weighted by molar-refractivity contribution is 0.102. The zero-order valence-electron chi connectivity index (χ0n) is 12.2. The fourth-order valence-electron chi connectivity index (χ4n) is 2.13. The van der Waals surface area contributed by atoms with Crippen molar-refractivity contribution in [3.05, 3.63) is 64.2 Å². The molecule has 0 aromatic heterocycles. The second kappa shape index (κ2) is 7.25. The highest BCUT2D eigenvalue weighted by atomic mass is 35.5. The van der Waals surface area contributed by atoms with Crippen LogP contribution in [-0.4, -0.2) is 19.5 Å². The number of benzene rings is 2. The van der Waals surface area contributed by atoms with Gasteiger partial charge in [0.2, 0.25) is 0 Å². The average Bonchev–Trinajstić information content (AvgIpc) is 2.48. The van der Waals surface area contributed by atoms with Crippen molar-refractivity contribution >= 4 is 23.2 Å². The van der Waals surface area contributed by atoms with Crippen LogP contribution in [0.2, 0.25) is 5.02 Å². The number of nitrogens with one attached hydrogen (secondary N) is 2. The van der Waals surface area contributed by atoms with E-state index in [1.165, 1.54) is 0 Å². The molecule has 2 rings (SSSR count). The van der Waals surface area contributed by atoms with Gasteiger partial charge in [-0.1, -0.05) is 35.9 Å². The van der Waals surface area contributed by atoms with Crippen molar-refractivity contribution in [2.45, 2.75) is 13.3 Å². The number of carbonyl (C=O) groups excluding carboxylic acids is 1. The minimum Gasteiger partial charge on any atom is -0.321 e. The largest absolute Gasteiger partial charge is 0.321 e. The topological polar surface area (TPSA) is 41.1 Å². The molecule has 0 aliphatic rings. The van der Waals surface area contributed by atoms with Gasteiger partial charge in [-0.2, -0.15) is 0 Å². The molecule has 21 heavy (non-hydrogen) atoms. The van der Waals surface area contributed by atoms with Crippen LogP contribution in [0.15, 0.2) is 42.5 Å². The van der Waals surface area contributed by atoms with E-state index in [1.54, 1.807) is 0 Å². The Morgan fingerprint density at radius 2 is 1.95 bits per heavy atom. The van der Waals surface area contributed by atoms with Gasteiger partial charge in [0.15, 0.2) is 0 Å². The third-order valence-corrected chi connectivity index (χ3v) is 3.59. The van der Waals surface area contributed by atoms with Crippen molar-refractivity contribution in [1.82, 2.24) is 5.32 Å². The van der Waals surface area contributed by atoms with E-state index in [9.17, 15) is 4.79 Å². The normalized spacial score (nSPS) is 10.4. The summed E-state index contributed by atoms with van der Waals surface area (Å²) in [5.41, 5.74) is 3.40. The van der Waals surface area contributed by atoms with E-state index in [0.717, 1.165) is 24.1 Å². The first kappa shape index (κ1) is 15.5. The molecule has 3 nitrogen and oxygen atoms in total. The monoisotopic (exact) mass is 302 g/mol. The predicted octanol–water partition coefficient (Wildman–Crippen LogP) is 3.66. The molecule has 0 radical (unpaired) electrons. The summed E-state index contributed by atoms with van der Waals surface area (Å²) < 4.78 is 0. The Hall–Kier alpha value is -1.84. The summed E-state index contributed by atoms with van der Waals surface area (Å²) in [5, 5.41) is 6.53. The zero-order valence-corrected chi connectivity index (χ0v) is 13.0. The summed E-state index contributed by atoms with van der Waals surface area (Å²) in [5.74, 6) is -0.132. The molecule has 0 unspecified atom stereocenters. The fourth-order valence-corrected chi connectivity index (χ4v) is 2.41. The number of likely N-dealkylation sites (N-methyl/N-ethyl adjacent to an activating group) is 1. The molecule has 0 saturated carbocycles. The lowest BCUT2D eigenvalue weighted by Gasteiger charge is -2.11. The number of aryl methyl sites for hydroxylation is 1. The Balaban J connectivity index is 2.20. The molecule has 0 aliphatic heterocycles. The van der Waals surface area contributed by atoms with Gasteiger partial charge in [-0.3, -0.25) is 4.79 Å². The van der Waals surface area contributed by atoms with Gasteiger partial charge in [-0.05, 0) is 56.3 Å². The maximum absolute atomic E-state index is 12.4. The molecule has 0 heterocycles. The van der Waals surface area contributed by atoms with Gasteiger partial charge in [0.25, 0.3) is 5.91 Å². The molecule has 110 valence electrons. The summed E-state index contributed by atoms with van der Waals surface area (Å²) in [7, 11) is 1.90. The van der Waals surface area contributed by atoms with Gasteiger partial charge in [-0.15, -0.1) is 0 Å². The number of amides is 1. The van der Waals surface area contributed by atoms with E-state index in [-0.39, 0.29) is 5.91 Å². The van der Waals surface area contributed by atoms with Crippen LogP contribution in [0.5, 0.6) is 0 Å². The predicted molar refractivity (Wildman–Crippen MR) is 88.2 cm³/mol. The Bertz CT molecular complexity index is 640. The van der Waals surface area contributed by atoms with Crippen LogP contribution in [0.3, 0.4) is 0 Å². The first-order chi connectivity index (χ1) is 10.1. The van der Waals surface area contributed by atoms with E-state index >= 15 is 0 Å². The minimum atomic E-state index is -0.132. The standard InChI is InChI=1S/C17H19ClN2O/c1-12-7-8-16(15(18)11-12)20-17(21)14-6-4-3-5-13(14)9-10-19-2/h3-8,11,19H,9-10H2,1-2H3,(H,20,21). The smallest absolute Gasteiger partial charge is 0.255 e. The van der Waals surface area contributed by atoms with E-state index < -0.39 is 0 Å². The molecule has 0 aliphatic carbocycles. The third kappa shape index (κ3) is 4.06. The first-order valence-corrected chi connectivity index (χ1v) is 7.29. The van der Waals surface area contributed by atoms with Crippen LogP contribution in [0.1, 0.15) is 21.5 Å². The molecule has 2 aromatic rings. The van der Waals surface area contributed by atoms with Crippen molar-refractivity contribution < 1.29 is 4.79 Å². The number of hydrogen-bond acceptors (Lipinski definition) is 2. The van der Waals surface area contributed by atoms with Crippen LogP contribution >= 0.6 is 11.6 Å². The highest BCUT2D eigenvalue weighted by molar-refractivity contribution is 6.34. The highest BCUT2D eigenvalue weighted by Crippen LogP contribution is 2.23. The Morgan fingerprint density at radius 1 is 1.19 bits per heavy atom. The van der Waals surface area contributed by atoms with Crippen molar-refractivity contribution in [1.29, 1.82) is 0 Å². The van der Waals surface area contributed by atoms with E-state index in [4.69, 9.17) is 11.6 Å². The molecule has 4 heteroatoms. The molecular weight excluding hydrogens is 284 g/mol. The van der Waals surface area contributed by atoms with E-state index in [1.807, 2.05) is 56.4 Å². The molecule has 0 bridgehead atoms. The molecule has 1 amide bonds. The third-order valence-electron chi connectivity index (χ3n) is 3.28. The second-order valence-corrected chi connectivity index (χ2v) is 5.36. The maximum atomic E-state index is 12.4. The Labute approximate surface area is 130 Å². The highest BCUT2D eigenvalue weighted by Gasteiger charge is 2.12. The molecule has 0 saturated heterocycles. The average molecular weight is 303 g/mol. The van der Waals surface area contributed by atoms with Gasteiger partial charge in [-0.25, -0.2) is 0 Å². The van der Waals surface area contributed by atoms with Crippen molar-refractivity contribution in [2.24, 2.45) is 0 Å². The Kier molecular flexibility index (Phi) is 5.37. The molecular formula is C17H19ClN2O. The first-order valence-electron chi connectivity index (χ1n) is 6.92. The van der Waals surface area contributed by atoms with Crippen LogP contribution in [0, 0.1) is 6.92 Å². The van der Waals surface area contributed by atoms with Gasteiger partial charge < -0.3 is 10.6 Å². The Morgan fingerprint density at radius 3 is 2.67 bits per heavy atom. The van der Waals surface area contributed by atoms with Gasteiger partial charge in [0.1, 0.15) is 0 Å². The number of carbonyl (C=O) groups is 1. The van der Waals surface area contributed by atoms with Crippen molar-refractivity contribution in [2.75, 3.05) is 18.9 Å². The summed E-state index contributed by atoms with van der Waals surface area (Å²) in [4.78, 5) is 12.4. The summed E-state index contributed by atoms with van der Waals surface area (Å²) in [6.45, 7) is 2.79. The van der Waals surface area contributed by atoms with Gasteiger partial charge in [0, 0.05) is 5.56 Å². The van der Waals surface area contributed by atoms with Crippen LogP contribution in [0.4, 0.5) is 5.69 Å². The summed E-state index contributed by atoms with van der Waals surface area (Å²) in [6.07, 6.45) is 0.807. The fraction of sp³-hybridized carbons (Fsp3) is 0.235. The summed E-state index contributed by atoms with van der Waals surface area (Å²) in [6, 6.07) is 13.2. The molecule has 0 spiro atoms. The molecule has 0 fully saturated rings. The number of anilines is 1. The lowest BCUT2D eigenvalue weighted by Crippen LogP contribution is -2.17. The number of hydrogen-bond donors (Lipinski definition) is 2. The van der Waals surface area contributed by atoms with Crippen LogP contribution in [0.25, 0.3) is 0 Å². The molecule has 2 aromatic carbocycles. The van der Waals surface area contributed by atoms with Crippen molar-refractivity contribution in [3.63, 3.8) is 0 Å². The van der Waals surface area contributed by atoms with E-state index in [0.29, 0.717) is 16.3 Å². The zero-order chi connectivity index (χ0) is 15.2. The van der Waals surface area contributed by atoms with Crippen LogP contribution < -0.4 is 10.6 Å². The van der Waals surface area contributed by atoms with Gasteiger partial charge >= 0.3 is 0 Å². The molecule has 2 N–H and O–H groups in total. The molecule has 0 atom stereocenters. The summed E-state index contributed by atoms with van der Waals surface area (Å²) >= 11 is 6.16. The lowest BCUT2D eigenvalue weighted by atomic mass is 10.0. The quantitative estimate of drug-likeness (QED) is 0.885. The number of halogens is 1. The number of rotatable bonds is 5. The van der Waals surface area contributed by atoms with Crippen molar-refractivity contribution in [3.8, 4) is 0 Å². The van der Waals surface area contributed by atoms with Crippen LogP contribution in [-0.2, 0) is 6.42 Å². The minimum absolute atomic E-state index is 0.132. The maximum Gasteiger partial charge on any atom is 0.255 e. The van der Waals surface area contributed by atoms with E-state index in [2.05, 4.69) is 10.6 Å². The second-order valence-electron chi connectivity index (χ2n) is 4.95.